The molecule has 0 aliphatic carbocycles. The molecular formula is C39H37F3N4O5. The lowest BCUT2D eigenvalue weighted by atomic mass is 9.98. The Bertz CT molecular complexity index is 2010. The van der Waals surface area contributed by atoms with Gasteiger partial charge in [0.1, 0.15) is 6.04 Å². The van der Waals surface area contributed by atoms with E-state index in [-0.39, 0.29) is 38.3 Å². The van der Waals surface area contributed by atoms with Gasteiger partial charge in [-0.15, -0.1) is 0 Å². The molecule has 0 radical (unpaired) electrons. The molecule has 1 aromatic heterocycles. The van der Waals surface area contributed by atoms with Crippen molar-refractivity contribution in [3.63, 3.8) is 0 Å². The minimum Gasteiger partial charge on any atom is -0.392 e. The lowest BCUT2D eigenvalue weighted by molar-refractivity contribution is -0.252. The Hall–Kier alpha value is -5.04. The predicted octanol–water partition coefficient (Wildman–Crippen LogP) is 6.61. The van der Waals surface area contributed by atoms with Gasteiger partial charge in [-0.25, -0.2) is 4.98 Å². The number of ether oxygens (including phenoxy) is 2. The van der Waals surface area contributed by atoms with Gasteiger partial charge in [0, 0.05) is 25.1 Å². The third-order valence-corrected chi connectivity index (χ3v) is 9.49. The second kappa shape index (κ2) is 14.7. The number of nitrogens with one attached hydrogen (secondary N) is 1. The number of fused-ring (bicyclic) bond motifs is 1. The standard InChI is InChI=1S/C39H37F3N4O5/c40-39(41,42)38(49)46-17-5-12-34(46)36(48)43-21-26-6-3-7-28(18-26)29-8-4-9-30(19-29)37-50-31(22-45-24-44-32-10-1-2-11-33(32)45)20-35(51-37)27-15-13-25(23-47)14-16-27/h1-4,6-11,13-16,18-19,24,31,34-35,37,47H,5,12,17,20-23H2,(H,43,48)/t31-,34-,35+,37+/m0/s1. The van der Waals surface area contributed by atoms with Crippen LogP contribution in [-0.2, 0) is 38.8 Å². The van der Waals surface area contributed by atoms with E-state index in [1.54, 1.807) is 0 Å². The predicted molar refractivity (Wildman–Crippen MR) is 183 cm³/mol. The van der Waals surface area contributed by atoms with E-state index in [1.807, 2.05) is 103 Å². The van der Waals surface area contributed by atoms with Crippen LogP contribution in [-0.4, -0.2) is 56.2 Å². The first kappa shape index (κ1) is 34.4. The summed E-state index contributed by atoms with van der Waals surface area (Å²) in [5, 5.41) is 12.3. The number of aliphatic hydroxyl groups excluding tert-OH is 1. The van der Waals surface area contributed by atoms with Crippen molar-refractivity contribution in [3.05, 3.63) is 126 Å². The molecule has 2 aliphatic rings. The molecule has 4 aromatic carbocycles. The lowest BCUT2D eigenvalue weighted by Crippen LogP contribution is -2.50. The van der Waals surface area contributed by atoms with Crippen LogP contribution >= 0.6 is 0 Å². The maximum Gasteiger partial charge on any atom is 0.471 e. The molecule has 9 nitrogen and oxygen atoms in total. The summed E-state index contributed by atoms with van der Waals surface area (Å²) >= 11 is 0. The molecule has 0 bridgehead atoms. The number of alkyl halides is 3. The molecule has 264 valence electrons. The number of carbonyl (C=O) groups is 2. The number of rotatable bonds is 9. The third kappa shape index (κ3) is 7.68. The number of aromatic nitrogens is 2. The molecule has 2 fully saturated rings. The lowest BCUT2D eigenvalue weighted by Gasteiger charge is -2.36. The molecule has 0 unspecified atom stereocenters. The molecule has 3 heterocycles. The van der Waals surface area contributed by atoms with E-state index >= 15 is 0 Å². The Morgan fingerprint density at radius 1 is 0.882 bits per heavy atom. The van der Waals surface area contributed by atoms with E-state index in [0.717, 1.165) is 44.4 Å². The first-order valence-electron chi connectivity index (χ1n) is 16.9. The second-order valence-electron chi connectivity index (χ2n) is 12.9. The van der Waals surface area contributed by atoms with E-state index in [1.165, 1.54) is 0 Å². The van der Waals surface area contributed by atoms with E-state index in [9.17, 15) is 27.9 Å². The SMILES string of the molecule is O=C(NCc1cccc(-c2cccc([C@@H]3O[C@H](Cn4cnc5ccccc54)C[C@H](c4ccc(CO)cc4)O3)c2)c1)[C@@H]1CCCN1C(=O)C(F)(F)F. The Morgan fingerprint density at radius 2 is 1.65 bits per heavy atom. The summed E-state index contributed by atoms with van der Waals surface area (Å²) in [5.74, 6) is -2.59. The fourth-order valence-electron chi connectivity index (χ4n) is 6.89. The van der Waals surface area contributed by atoms with Gasteiger partial charge in [-0.3, -0.25) is 9.59 Å². The number of nitrogens with zero attached hydrogens (tertiary/aromatic N) is 3. The van der Waals surface area contributed by atoms with Crippen LogP contribution < -0.4 is 5.32 Å². The first-order chi connectivity index (χ1) is 24.7. The van der Waals surface area contributed by atoms with E-state index in [0.29, 0.717) is 24.3 Å². The number of hydrogen-bond acceptors (Lipinski definition) is 6. The average molecular weight is 699 g/mol. The molecule has 7 rings (SSSR count). The second-order valence-corrected chi connectivity index (χ2v) is 12.9. The number of hydrogen-bond donors (Lipinski definition) is 2. The highest BCUT2D eigenvalue weighted by molar-refractivity contribution is 5.90. The summed E-state index contributed by atoms with van der Waals surface area (Å²) in [5.41, 5.74) is 7.04. The van der Waals surface area contributed by atoms with Crippen LogP contribution in [0.15, 0.2) is 103 Å². The highest BCUT2D eigenvalue weighted by atomic mass is 19.4. The molecule has 12 heteroatoms. The fourth-order valence-corrected chi connectivity index (χ4v) is 6.89. The Morgan fingerprint density at radius 3 is 2.43 bits per heavy atom. The average Bonchev–Trinajstić information content (AvgIpc) is 3.81. The molecule has 51 heavy (non-hydrogen) atoms. The monoisotopic (exact) mass is 698 g/mol. The molecule has 2 N–H and O–H groups in total. The maximum atomic E-state index is 13.1. The number of para-hydroxylation sites is 2. The van der Waals surface area contributed by atoms with Crippen LogP contribution in [0.4, 0.5) is 13.2 Å². The van der Waals surface area contributed by atoms with Gasteiger partial charge in [0.15, 0.2) is 6.29 Å². The van der Waals surface area contributed by atoms with Gasteiger partial charge in [-0.05, 0) is 64.9 Å². The summed E-state index contributed by atoms with van der Waals surface area (Å²) in [7, 11) is 0. The van der Waals surface area contributed by atoms with Crippen molar-refractivity contribution in [2.75, 3.05) is 6.54 Å². The number of aliphatic hydroxyl groups is 1. The molecule has 2 amide bonds. The zero-order chi connectivity index (χ0) is 35.5. The first-order valence-corrected chi connectivity index (χ1v) is 16.9. The largest absolute Gasteiger partial charge is 0.471 e. The van der Waals surface area contributed by atoms with Crippen molar-refractivity contribution < 1.29 is 37.3 Å². The quantitative estimate of drug-likeness (QED) is 0.180. The Kier molecular flexibility index (Phi) is 9.90. The zero-order valence-electron chi connectivity index (χ0n) is 27.6. The summed E-state index contributed by atoms with van der Waals surface area (Å²) in [6, 6.07) is 29.9. The van der Waals surface area contributed by atoms with E-state index in [4.69, 9.17) is 9.47 Å². The van der Waals surface area contributed by atoms with Crippen LogP contribution in [0.25, 0.3) is 22.2 Å². The van der Waals surface area contributed by atoms with Gasteiger partial charge in [0.2, 0.25) is 5.91 Å². The van der Waals surface area contributed by atoms with Gasteiger partial charge in [-0.2, -0.15) is 13.2 Å². The van der Waals surface area contributed by atoms with Gasteiger partial charge in [0.05, 0.1) is 42.7 Å². The molecular weight excluding hydrogens is 661 g/mol. The number of likely N-dealkylation sites (tertiary alicyclic amines) is 1. The number of imidazole rings is 1. The molecule has 0 saturated carbocycles. The molecule has 2 saturated heterocycles. The van der Waals surface area contributed by atoms with E-state index in [2.05, 4.69) is 14.9 Å². The van der Waals surface area contributed by atoms with Crippen molar-refractivity contribution in [2.45, 2.75) is 69.7 Å². The van der Waals surface area contributed by atoms with Gasteiger partial charge >= 0.3 is 12.1 Å². The van der Waals surface area contributed by atoms with Gasteiger partial charge < -0.3 is 29.4 Å². The number of benzene rings is 4. The van der Waals surface area contributed by atoms with Crippen molar-refractivity contribution in [1.82, 2.24) is 19.8 Å². The zero-order valence-corrected chi connectivity index (χ0v) is 27.6. The third-order valence-electron chi connectivity index (χ3n) is 9.49. The summed E-state index contributed by atoms with van der Waals surface area (Å²) in [6.07, 6.45) is -3.24. The summed E-state index contributed by atoms with van der Waals surface area (Å²) < 4.78 is 54.5. The summed E-state index contributed by atoms with van der Waals surface area (Å²) in [4.78, 5) is 29.9. The smallest absolute Gasteiger partial charge is 0.392 e. The topological polar surface area (TPSA) is 106 Å². The molecule has 4 atom stereocenters. The number of amides is 2. The van der Waals surface area contributed by atoms with Crippen LogP contribution in [0.5, 0.6) is 0 Å². The van der Waals surface area contributed by atoms with Crippen LogP contribution in [0, 0.1) is 0 Å². The van der Waals surface area contributed by atoms with Crippen molar-refractivity contribution in [3.8, 4) is 11.1 Å². The fraction of sp³-hybridized carbons (Fsp3) is 0.308. The van der Waals surface area contributed by atoms with Crippen LogP contribution in [0.1, 0.15) is 53.9 Å². The van der Waals surface area contributed by atoms with Gasteiger partial charge in [-0.1, -0.05) is 72.8 Å². The Labute approximate surface area is 292 Å². The normalized spacial score (nSPS) is 20.8. The minimum absolute atomic E-state index is 0.0453. The van der Waals surface area contributed by atoms with Crippen molar-refractivity contribution >= 4 is 22.8 Å². The number of carbonyl (C=O) groups excluding carboxylic acids is 2. The van der Waals surface area contributed by atoms with Crippen LogP contribution in [0.3, 0.4) is 0 Å². The van der Waals surface area contributed by atoms with Crippen molar-refractivity contribution in [2.24, 2.45) is 0 Å². The van der Waals surface area contributed by atoms with Gasteiger partial charge in [0.25, 0.3) is 0 Å². The molecule has 0 spiro atoms. The highest BCUT2D eigenvalue weighted by Gasteiger charge is 2.47. The highest BCUT2D eigenvalue weighted by Crippen LogP contribution is 2.39. The van der Waals surface area contributed by atoms with Crippen LogP contribution in [0.2, 0.25) is 0 Å². The molecule has 2 aliphatic heterocycles. The number of halogens is 3. The summed E-state index contributed by atoms with van der Waals surface area (Å²) in [6.45, 7) is 0.514. The van der Waals surface area contributed by atoms with Crippen molar-refractivity contribution in [1.29, 1.82) is 0 Å². The minimum atomic E-state index is -5.03. The molecule has 5 aromatic rings. The maximum absolute atomic E-state index is 13.1. The Balaban J connectivity index is 1.08. The van der Waals surface area contributed by atoms with E-state index < -0.39 is 30.3 Å².